The molecule has 0 saturated carbocycles. The number of thiazole rings is 1. The first-order valence-electron chi connectivity index (χ1n) is 6.39. The summed E-state index contributed by atoms with van der Waals surface area (Å²) in [5.41, 5.74) is 1.03. The lowest BCUT2D eigenvalue weighted by Crippen LogP contribution is -2.30. The molecule has 114 valence electrons. The van der Waals surface area contributed by atoms with Crippen LogP contribution in [-0.2, 0) is 13.9 Å². The van der Waals surface area contributed by atoms with E-state index in [0.29, 0.717) is 22.4 Å². The number of aromatic nitrogens is 1. The first-order chi connectivity index (χ1) is 10.2. The molecule has 0 unspecified atom stereocenters. The molecule has 0 amide bonds. The van der Waals surface area contributed by atoms with Crippen LogP contribution in [0.5, 0.6) is 0 Å². The van der Waals surface area contributed by atoms with Crippen molar-refractivity contribution in [1.82, 2.24) is 4.98 Å². The molecule has 0 aliphatic heterocycles. The van der Waals surface area contributed by atoms with Gasteiger partial charge in [0.05, 0.1) is 10.2 Å². The zero-order valence-electron chi connectivity index (χ0n) is 12.1. The number of ether oxygens (including phenoxy) is 2. The van der Waals surface area contributed by atoms with Crippen molar-refractivity contribution in [3.05, 3.63) is 24.3 Å². The van der Waals surface area contributed by atoms with E-state index in [2.05, 4.69) is 11.1 Å². The third-order valence-electron chi connectivity index (χ3n) is 2.67. The smallest absolute Gasteiger partial charge is 0.236 e. The minimum atomic E-state index is -0.698. The predicted octanol–water partition coefficient (Wildman–Crippen LogP) is 4.06. The van der Waals surface area contributed by atoms with Gasteiger partial charge in [-0.2, -0.15) is 0 Å². The van der Waals surface area contributed by atoms with Gasteiger partial charge >= 0.3 is 0 Å². The average Bonchev–Trinajstić information content (AvgIpc) is 2.94. The molecule has 0 fully saturated rings. The van der Waals surface area contributed by atoms with Crippen molar-refractivity contribution >= 4 is 52.9 Å². The maximum Gasteiger partial charge on any atom is 0.236 e. The highest BCUT2D eigenvalue weighted by molar-refractivity contribution is 8.77. The lowest BCUT2D eigenvalue weighted by Gasteiger charge is -2.28. The van der Waals surface area contributed by atoms with Gasteiger partial charge in [0.2, 0.25) is 14.9 Å². The SMILES string of the molecule is CCO[Si]CC(OC)(OC)SSc1nc2ccccc2s1. The minimum Gasteiger partial charge on any atom is -0.417 e. The Morgan fingerprint density at radius 2 is 2.05 bits per heavy atom. The van der Waals surface area contributed by atoms with E-state index in [4.69, 9.17) is 13.9 Å². The number of hydrogen-bond acceptors (Lipinski definition) is 7. The summed E-state index contributed by atoms with van der Waals surface area (Å²) in [7, 11) is 6.79. The van der Waals surface area contributed by atoms with Crippen molar-refractivity contribution in [2.45, 2.75) is 22.4 Å². The summed E-state index contributed by atoms with van der Waals surface area (Å²) in [6.07, 6.45) is 0. The van der Waals surface area contributed by atoms with E-state index in [1.165, 1.54) is 15.5 Å². The summed E-state index contributed by atoms with van der Waals surface area (Å²) < 4.78 is 18.7. The van der Waals surface area contributed by atoms with Crippen molar-refractivity contribution in [3.8, 4) is 0 Å². The maximum absolute atomic E-state index is 5.55. The summed E-state index contributed by atoms with van der Waals surface area (Å²) in [5, 5.41) is -0.698. The lowest BCUT2D eigenvalue weighted by atomic mass is 10.3. The Labute approximate surface area is 139 Å². The van der Waals surface area contributed by atoms with Crippen LogP contribution in [0.1, 0.15) is 6.92 Å². The highest BCUT2D eigenvalue weighted by Gasteiger charge is 2.32. The molecule has 2 aromatic rings. The van der Waals surface area contributed by atoms with Crippen molar-refractivity contribution in [1.29, 1.82) is 0 Å². The molecule has 8 heteroatoms. The molecule has 4 nitrogen and oxygen atoms in total. The van der Waals surface area contributed by atoms with Gasteiger partial charge in [0.1, 0.15) is 0 Å². The van der Waals surface area contributed by atoms with Crippen LogP contribution in [0.3, 0.4) is 0 Å². The molecule has 1 aromatic heterocycles. The van der Waals surface area contributed by atoms with Crippen molar-refractivity contribution < 1.29 is 13.9 Å². The molecular formula is C13H17NO3S3Si. The number of para-hydroxylation sites is 1. The lowest BCUT2D eigenvalue weighted by molar-refractivity contribution is -0.119. The Morgan fingerprint density at radius 3 is 2.71 bits per heavy atom. The number of rotatable bonds is 9. The van der Waals surface area contributed by atoms with Crippen LogP contribution in [0, 0.1) is 0 Å². The molecule has 0 aliphatic carbocycles. The average molecular weight is 360 g/mol. The largest absolute Gasteiger partial charge is 0.417 e. The summed E-state index contributed by atoms with van der Waals surface area (Å²) in [6, 6.07) is 8.83. The molecule has 1 heterocycles. The Hall–Kier alpha value is -0.0931. The number of methoxy groups -OCH3 is 2. The molecule has 1 aromatic carbocycles. The van der Waals surface area contributed by atoms with Gasteiger partial charge in [0, 0.05) is 26.9 Å². The van der Waals surface area contributed by atoms with E-state index in [0.717, 1.165) is 9.86 Å². The van der Waals surface area contributed by atoms with Crippen LogP contribution >= 0.6 is 32.9 Å². The third kappa shape index (κ3) is 4.69. The fourth-order valence-electron chi connectivity index (χ4n) is 1.55. The Balaban J connectivity index is 2.00. The van der Waals surface area contributed by atoms with Gasteiger partial charge in [-0.05, 0) is 40.6 Å². The summed E-state index contributed by atoms with van der Waals surface area (Å²) >= 11 is 1.68. The fourth-order valence-corrected chi connectivity index (χ4v) is 6.57. The van der Waals surface area contributed by atoms with Crippen LogP contribution in [0.4, 0.5) is 0 Å². The Kier molecular flexibility index (Phi) is 7.00. The van der Waals surface area contributed by atoms with Crippen molar-refractivity contribution in [3.63, 3.8) is 0 Å². The highest BCUT2D eigenvalue weighted by atomic mass is 33.1. The van der Waals surface area contributed by atoms with E-state index < -0.39 is 5.12 Å². The summed E-state index contributed by atoms with van der Waals surface area (Å²) in [6.45, 7) is 2.69. The standard InChI is InChI=1S/C13H17NO3S3Si/c1-4-17-21-9-13(15-2,16-3)20-19-12-14-10-7-5-6-8-11(10)18-12/h5-8H,4,9H2,1-3H3. The van der Waals surface area contributed by atoms with E-state index in [9.17, 15) is 0 Å². The summed E-state index contributed by atoms with van der Waals surface area (Å²) in [4.78, 5) is 4.60. The van der Waals surface area contributed by atoms with Crippen LogP contribution in [0.25, 0.3) is 10.2 Å². The molecule has 2 radical (unpaired) electrons. The Morgan fingerprint density at radius 1 is 1.29 bits per heavy atom. The van der Waals surface area contributed by atoms with Crippen molar-refractivity contribution in [2.24, 2.45) is 0 Å². The maximum atomic E-state index is 5.55. The van der Waals surface area contributed by atoms with Crippen LogP contribution < -0.4 is 0 Å². The number of benzene rings is 1. The minimum absolute atomic E-state index is 0.354. The molecular weight excluding hydrogens is 342 g/mol. The van der Waals surface area contributed by atoms with E-state index in [-0.39, 0.29) is 0 Å². The van der Waals surface area contributed by atoms with Gasteiger partial charge in [0.25, 0.3) is 0 Å². The molecule has 0 N–H and O–H groups in total. The highest BCUT2D eigenvalue weighted by Crippen LogP contribution is 2.46. The molecule has 0 saturated heterocycles. The molecule has 0 aliphatic rings. The quantitative estimate of drug-likeness (QED) is 0.291. The van der Waals surface area contributed by atoms with Gasteiger partial charge in [-0.25, -0.2) is 4.98 Å². The topological polar surface area (TPSA) is 40.6 Å². The number of fused-ring (bicyclic) bond motifs is 1. The monoisotopic (exact) mass is 359 g/mol. The normalized spacial score (nSPS) is 12.1. The zero-order valence-corrected chi connectivity index (χ0v) is 15.6. The van der Waals surface area contributed by atoms with Gasteiger partial charge in [-0.15, -0.1) is 11.3 Å². The van der Waals surface area contributed by atoms with Gasteiger partial charge in [-0.3, -0.25) is 0 Å². The predicted molar refractivity (Wildman–Crippen MR) is 92.0 cm³/mol. The van der Waals surface area contributed by atoms with Crippen LogP contribution in [-0.4, -0.2) is 40.7 Å². The first-order valence-corrected chi connectivity index (χ1v) is 10.5. The van der Waals surface area contributed by atoms with Gasteiger partial charge in [-0.1, -0.05) is 12.1 Å². The third-order valence-corrected chi connectivity index (χ3v) is 8.21. The molecule has 0 spiro atoms. The van der Waals surface area contributed by atoms with E-state index >= 15 is 0 Å². The molecule has 0 bridgehead atoms. The second-order valence-electron chi connectivity index (χ2n) is 3.96. The van der Waals surface area contributed by atoms with Gasteiger partial charge < -0.3 is 13.9 Å². The number of nitrogens with zero attached hydrogens (tertiary/aromatic N) is 1. The van der Waals surface area contributed by atoms with Crippen LogP contribution in [0.15, 0.2) is 28.6 Å². The molecule has 21 heavy (non-hydrogen) atoms. The Bertz CT molecular complexity index is 529. The van der Waals surface area contributed by atoms with Gasteiger partial charge in [0.15, 0.2) is 4.34 Å². The second-order valence-corrected chi connectivity index (χ2v) is 8.52. The summed E-state index contributed by atoms with van der Waals surface area (Å²) in [5.74, 6) is 0. The molecule has 2 rings (SSSR count). The van der Waals surface area contributed by atoms with E-state index in [1.807, 2.05) is 25.1 Å². The molecule has 0 atom stereocenters. The van der Waals surface area contributed by atoms with Crippen LogP contribution in [0.2, 0.25) is 6.04 Å². The fraction of sp³-hybridized carbons (Fsp3) is 0.462. The number of hydrogen-bond donors (Lipinski definition) is 0. The first kappa shape index (κ1) is 17.3. The second kappa shape index (κ2) is 8.52. The van der Waals surface area contributed by atoms with E-state index in [1.54, 1.807) is 36.4 Å². The van der Waals surface area contributed by atoms with Crippen molar-refractivity contribution in [2.75, 3.05) is 20.8 Å². The zero-order chi connectivity index (χ0) is 15.1.